The van der Waals surface area contributed by atoms with Crippen LogP contribution in [0.15, 0.2) is 0 Å². The van der Waals surface area contributed by atoms with E-state index in [4.69, 9.17) is 0 Å². The number of rotatable bonds is 2. The predicted octanol–water partition coefficient (Wildman–Crippen LogP) is -1.00. The van der Waals surface area contributed by atoms with Gasteiger partial charge in [-0.1, -0.05) is 0 Å². The molecule has 2 atom stereocenters. The van der Waals surface area contributed by atoms with Gasteiger partial charge in [0.2, 0.25) is 11.8 Å². The Morgan fingerprint density at radius 2 is 2.47 bits per heavy atom. The number of carbonyl (C=O) groups is 2. The van der Waals surface area contributed by atoms with Crippen LogP contribution >= 0.6 is 11.8 Å². The van der Waals surface area contributed by atoms with Crippen molar-refractivity contribution in [3.8, 4) is 0 Å². The maximum Gasteiger partial charge on any atom is 0.244 e. The Hall–Kier alpha value is -0.750. The molecular formula is C9H15N3O2S. The lowest BCUT2D eigenvalue weighted by Gasteiger charge is -2.15. The van der Waals surface area contributed by atoms with Crippen molar-refractivity contribution in [2.45, 2.75) is 18.5 Å². The quantitative estimate of drug-likeness (QED) is 0.637. The van der Waals surface area contributed by atoms with E-state index in [-0.39, 0.29) is 23.9 Å². The fourth-order valence-electron chi connectivity index (χ4n) is 1.79. The van der Waals surface area contributed by atoms with Gasteiger partial charge in [-0.25, -0.2) is 0 Å². The van der Waals surface area contributed by atoms with E-state index in [0.29, 0.717) is 0 Å². The van der Waals surface area contributed by atoms with Crippen LogP contribution in [0.2, 0.25) is 0 Å². The maximum absolute atomic E-state index is 11.7. The van der Waals surface area contributed by atoms with Gasteiger partial charge in [-0.15, -0.1) is 11.8 Å². The number of likely N-dealkylation sites (N-methyl/N-ethyl adjacent to an activating group) is 1. The second-order valence-electron chi connectivity index (χ2n) is 3.88. The Kier molecular flexibility index (Phi) is 3.16. The smallest absolute Gasteiger partial charge is 0.244 e. The molecule has 5 nitrogen and oxygen atoms in total. The molecular weight excluding hydrogens is 214 g/mol. The Labute approximate surface area is 93.0 Å². The molecule has 2 aliphatic heterocycles. The first kappa shape index (κ1) is 10.8. The largest absolute Gasteiger partial charge is 0.344 e. The van der Waals surface area contributed by atoms with Crippen LogP contribution in [-0.4, -0.2) is 54.0 Å². The zero-order valence-electron chi connectivity index (χ0n) is 8.66. The average Bonchev–Trinajstić information content (AvgIpc) is 2.83. The molecule has 0 aromatic rings. The summed E-state index contributed by atoms with van der Waals surface area (Å²) in [6.07, 6.45) is 0.723. The molecule has 2 N–H and O–H groups in total. The molecule has 0 spiro atoms. The lowest BCUT2D eigenvalue weighted by molar-refractivity contribution is -0.132. The highest BCUT2D eigenvalue weighted by atomic mass is 32.2. The summed E-state index contributed by atoms with van der Waals surface area (Å²) in [5.41, 5.74) is 0. The molecule has 2 saturated heterocycles. The normalized spacial score (nSPS) is 31.0. The first-order valence-corrected chi connectivity index (χ1v) is 6.20. The van der Waals surface area contributed by atoms with E-state index in [1.807, 2.05) is 0 Å². The molecule has 0 aromatic heterocycles. The fourth-order valence-corrected chi connectivity index (χ4v) is 2.73. The van der Waals surface area contributed by atoms with Gasteiger partial charge in [-0.05, 0) is 6.42 Å². The first-order chi connectivity index (χ1) is 7.18. The third-order valence-electron chi connectivity index (χ3n) is 2.78. The van der Waals surface area contributed by atoms with Gasteiger partial charge in [0.05, 0.1) is 6.04 Å². The van der Waals surface area contributed by atoms with Crippen LogP contribution < -0.4 is 10.6 Å². The van der Waals surface area contributed by atoms with Crippen molar-refractivity contribution < 1.29 is 9.59 Å². The topological polar surface area (TPSA) is 61.4 Å². The Balaban J connectivity index is 1.86. The van der Waals surface area contributed by atoms with Crippen LogP contribution in [0.4, 0.5) is 0 Å². The Morgan fingerprint density at radius 1 is 1.67 bits per heavy atom. The Morgan fingerprint density at radius 3 is 3.00 bits per heavy atom. The number of likely N-dealkylation sites (tertiary alicyclic amines) is 1. The van der Waals surface area contributed by atoms with Gasteiger partial charge in [-0.2, -0.15) is 0 Å². The van der Waals surface area contributed by atoms with Crippen molar-refractivity contribution >= 4 is 23.6 Å². The van der Waals surface area contributed by atoms with Crippen molar-refractivity contribution in [1.29, 1.82) is 0 Å². The van der Waals surface area contributed by atoms with Crippen LogP contribution in [-0.2, 0) is 9.59 Å². The van der Waals surface area contributed by atoms with E-state index in [9.17, 15) is 9.59 Å². The van der Waals surface area contributed by atoms with Crippen molar-refractivity contribution in [3.63, 3.8) is 0 Å². The van der Waals surface area contributed by atoms with E-state index in [1.54, 1.807) is 23.7 Å². The fraction of sp³-hybridized carbons (Fsp3) is 0.778. The predicted molar refractivity (Wildman–Crippen MR) is 58.4 cm³/mol. The lowest BCUT2D eigenvalue weighted by atomic mass is 10.2. The number of nitrogens with one attached hydrogen (secondary N) is 2. The van der Waals surface area contributed by atoms with Gasteiger partial charge in [0.1, 0.15) is 6.04 Å². The van der Waals surface area contributed by atoms with Crippen LogP contribution in [0, 0.1) is 0 Å². The third-order valence-corrected chi connectivity index (χ3v) is 3.72. The number of hydrogen-bond donors (Lipinski definition) is 2. The molecule has 84 valence electrons. The first-order valence-electron chi connectivity index (χ1n) is 5.05. The van der Waals surface area contributed by atoms with Gasteiger partial charge in [0.25, 0.3) is 0 Å². The van der Waals surface area contributed by atoms with Crippen LogP contribution in [0.5, 0.6) is 0 Å². The molecule has 0 aromatic carbocycles. The lowest BCUT2D eigenvalue weighted by Crippen LogP contribution is -2.48. The van der Waals surface area contributed by atoms with E-state index < -0.39 is 0 Å². The van der Waals surface area contributed by atoms with Gasteiger partial charge >= 0.3 is 0 Å². The molecule has 0 radical (unpaired) electrons. The Bertz CT molecular complexity index is 279. The summed E-state index contributed by atoms with van der Waals surface area (Å²) in [4.78, 5) is 24.9. The monoisotopic (exact) mass is 229 g/mol. The average molecular weight is 229 g/mol. The molecule has 2 rings (SSSR count). The number of amides is 2. The summed E-state index contributed by atoms with van der Waals surface area (Å²) >= 11 is 1.70. The summed E-state index contributed by atoms with van der Waals surface area (Å²) < 4.78 is 0. The molecule has 0 bridgehead atoms. The highest BCUT2D eigenvalue weighted by molar-refractivity contribution is 7.99. The molecule has 2 amide bonds. The molecule has 2 fully saturated rings. The molecule has 1 unspecified atom stereocenters. The molecule has 6 heteroatoms. The maximum atomic E-state index is 11.7. The van der Waals surface area contributed by atoms with Crippen LogP contribution in [0.1, 0.15) is 6.42 Å². The highest BCUT2D eigenvalue weighted by Crippen LogP contribution is 2.12. The second kappa shape index (κ2) is 4.40. The third kappa shape index (κ3) is 2.26. The number of hydrogen-bond acceptors (Lipinski definition) is 4. The molecule has 2 aliphatic rings. The minimum Gasteiger partial charge on any atom is -0.344 e. The molecule has 2 heterocycles. The summed E-state index contributed by atoms with van der Waals surface area (Å²) in [5.74, 6) is 1.58. The molecule has 15 heavy (non-hydrogen) atoms. The van der Waals surface area contributed by atoms with Gasteiger partial charge in [-0.3, -0.25) is 14.9 Å². The second-order valence-corrected chi connectivity index (χ2v) is 4.91. The SMILES string of the molecule is CN1CCC(NC(=O)[C@H]2CSCN2)C1=O. The minimum absolute atomic E-state index is 0.0222. The summed E-state index contributed by atoms with van der Waals surface area (Å²) in [6.45, 7) is 0.733. The number of thioether (sulfide) groups is 1. The van der Waals surface area contributed by atoms with Crippen molar-refractivity contribution in [1.82, 2.24) is 15.5 Å². The van der Waals surface area contributed by atoms with Crippen LogP contribution in [0.3, 0.4) is 0 Å². The van der Waals surface area contributed by atoms with Crippen LogP contribution in [0.25, 0.3) is 0 Å². The summed E-state index contributed by atoms with van der Waals surface area (Å²) in [5, 5.41) is 5.88. The number of nitrogens with zero attached hydrogens (tertiary/aromatic N) is 1. The van der Waals surface area contributed by atoms with E-state index in [0.717, 1.165) is 24.6 Å². The molecule has 0 saturated carbocycles. The summed E-state index contributed by atoms with van der Waals surface area (Å²) in [7, 11) is 1.76. The van der Waals surface area contributed by atoms with Crippen molar-refractivity contribution in [2.24, 2.45) is 0 Å². The van der Waals surface area contributed by atoms with Gasteiger partial charge in [0.15, 0.2) is 0 Å². The summed E-state index contributed by atoms with van der Waals surface area (Å²) in [6, 6.07) is -0.441. The zero-order chi connectivity index (χ0) is 10.8. The van der Waals surface area contributed by atoms with E-state index in [1.165, 1.54) is 0 Å². The van der Waals surface area contributed by atoms with E-state index in [2.05, 4.69) is 10.6 Å². The standard InChI is InChI=1S/C9H15N3O2S/c1-12-3-2-6(9(12)14)11-8(13)7-4-15-5-10-7/h6-7,10H,2-5H2,1H3,(H,11,13)/t6?,7-/m1/s1. The van der Waals surface area contributed by atoms with Crippen molar-refractivity contribution in [2.75, 3.05) is 25.2 Å². The number of carbonyl (C=O) groups excluding carboxylic acids is 2. The van der Waals surface area contributed by atoms with Crippen molar-refractivity contribution in [3.05, 3.63) is 0 Å². The van der Waals surface area contributed by atoms with Gasteiger partial charge in [0, 0.05) is 25.2 Å². The minimum atomic E-state index is -0.310. The highest BCUT2D eigenvalue weighted by Gasteiger charge is 2.32. The van der Waals surface area contributed by atoms with E-state index >= 15 is 0 Å². The molecule has 0 aliphatic carbocycles. The zero-order valence-corrected chi connectivity index (χ0v) is 9.47. The van der Waals surface area contributed by atoms with Gasteiger partial charge < -0.3 is 10.2 Å².